The molecule has 0 aliphatic heterocycles. The minimum Gasteiger partial charge on any atom is -0.236 e. The third-order valence-electron chi connectivity index (χ3n) is 0.333. The van der Waals surface area contributed by atoms with E-state index in [1.807, 2.05) is 13.8 Å². The Morgan fingerprint density at radius 1 is 1.50 bits per heavy atom. The second kappa shape index (κ2) is 5.73. The third-order valence-corrected chi connectivity index (χ3v) is 0.333. The summed E-state index contributed by atoms with van der Waals surface area (Å²) in [6.07, 6.45) is 0. The molecule has 0 spiro atoms. The van der Waals surface area contributed by atoms with Crippen molar-refractivity contribution in [2.45, 2.75) is 13.8 Å². The van der Waals surface area contributed by atoms with E-state index in [0.29, 0.717) is 5.92 Å². The summed E-state index contributed by atoms with van der Waals surface area (Å²) < 4.78 is 0. The molecule has 0 aliphatic carbocycles. The van der Waals surface area contributed by atoms with Gasteiger partial charge in [-0.3, -0.25) is 0 Å². The molecule has 0 bridgehead atoms. The van der Waals surface area contributed by atoms with Gasteiger partial charge in [-0.05, 0) is 5.92 Å². The Morgan fingerprint density at radius 2 is 1.67 bits per heavy atom. The molecule has 35 valence electrons. The van der Waals surface area contributed by atoms with Crippen LogP contribution in [0.1, 0.15) is 13.8 Å². The fraction of sp³-hybridized carbons (Fsp3) is 1.00. The maximum atomic E-state index is 9.63. The van der Waals surface area contributed by atoms with Crippen molar-refractivity contribution < 1.29 is 5.11 Å². The van der Waals surface area contributed by atoms with Gasteiger partial charge < -0.3 is 0 Å². The third kappa shape index (κ3) is 8.83. The largest absolute Gasteiger partial charge is 0.316 e. The van der Waals surface area contributed by atoms with E-state index in [-0.39, 0.29) is 29.7 Å². The van der Waals surface area contributed by atoms with Gasteiger partial charge >= 0.3 is 23.1 Å². The van der Waals surface area contributed by atoms with Gasteiger partial charge in [0.05, 0.1) is 6.61 Å². The van der Waals surface area contributed by atoms with Crippen molar-refractivity contribution in [2.75, 3.05) is 6.61 Å². The van der Waals surface area contributed by atoms with Crippen LogP contribution in [0.3, 0.4) is 0 Å². The zero-order valence-electron chi connectivity index (χ0n) is 3.69. The molecule has 0 saturated carbocycles. The standard InChI is InChI=1S/C4H9O.Mg.2H/c1-4(2)3-5;;;/h4H,3H2,1-2H3;;;. The molecule has 0 fully saturated rings. The average Bonchev–Trinajstić information content (AvgIpc) is 1.38. The first-order valence-corrected chi connectivity index (χ1v) is 1.85. The van der Waals surface area contributed by atoms with Gasteiger partial charge in [0.2, 0.25) is 0 Å². The molecule has 0 aromatic rings. The van der Waals surface area contributed by atoms with Crippen LogP contribution in [0.5, 0.6) is 0 Å². The highest BCUT2D eigenvalue weighted by Crippen LogP contribution is 1.84. The molecule has 0 aromatic carbocycles. The van der Waals surface area contributed by atoms with Crippen LogP contribution in [0.15, 0.2) is 0 Å². The SMILES string of the molecule is CC(C)C[O].[MgH2]. The van der Waals surface area contributed by atoms with Crippen molar-refractivity contribution in [3.05, 3.63) is 0 Å². The van der Waals surface area contributed by atoms with Crippen LogP contribution in [-0.2, 0) is 5.11 Å². The van der Waals surface area contributed by atoms with E-state index < -0.39 is 0 Å². The Balaban J connectivity index is 0. The molecule has 1 radical (unpaired) electrons. The Hall–Kier alpha value is 0.726. The van der Waals surface area contributed by atoms with Crippen molar-refractivity contribution in [1.82, 2.24) is 0 Å². The number of hydrogen-bond donors (Lipinski definition) is 0. The first kappa shape index (κ1) is 9.87. The molecular formula is C4H11MgO. The minimum atomic E-state index is 0. The van der Waals surface area contributed by atoms with Gasteiger partial charge in [0.15, 0.2) is 0 Å². The van der Waals surface area contributed by atoms with E-state index in [9.17, 15) is 5.11 Å². The molecule has 0 N–H and O–H groups in total. The first-order chi connectivity index (χ1) is 2.27. The Kier molecular flexibility index (Phi) is 9.42. The van der Waals surface area contributed by atoms with Crippen molar-refractivity contribution in [2.24, 2.45) is 5.92 Å². The number of hydrogen-bond acceptors (Lipinski definition) is 0. The molecule has 0 unspecified atom stereocenters. The van der Waals surface area contributed by atoms with Crippen molar-refractivity contribution in [3.8, 4) is 0 Å². The smallest absolute Gasteiger partial charge is 0.236 e. The summed E-state index contributed by atoms with van der Waals surface area (Å²) in [5, 5.41) is 9.63. The second-order valence-corrected chi connectivity index (χ2v) is 1.56. The van der Waals surface area contributed by atoms with Gasteiger partial charge in [-0.25, -0.2) is 5.11 Å². The fourth-order valence-electron chi connectivity index (χ4n) is 0. The van der Waals surface area contributed by atoms with Crippen LogP contribution in [0.2, 0.25) is 0 Å². The average molecular weight is 99.4 g/mol. The topological polar surface area (TPSA) is 19.9 Å². The van der Waals surface area contributed by atoms with Crippen molar-refractivity contribution in [1.29, 1.82) is 0 Å². The summed E-state index contributed by atoms with van der Waals surface area (Å²) in [6.45, 7) is 3.88. The molecule has 0 heterocycles. The summed E-state index contributed by atoms with van der Waals surface area (Å²) in [5.41, 5.74) is 0. The molecular weight excluding hydrogens is 88.3 g/mol. The quantitative estimate of drug-likeness (QED) is 0.417. The van der Waals surface area contributed by atoms with Gasteiger partial charge in [0, 0.05) is 0 Å². The second-order valence-electron chi connectivity index (χ2n) is 1.56. The van der Waals surface area contributed by atoms with Crippen molar-refractivity contribution >= 4 is 23.1 Å². The summed E-state index contributed by atoms with van der Waals surface area (Å²) >= 11 is 0. The van der Waals surface area contributed by atoms with Crippen LogP contribution in [0, 0.1) is 5.92 Å². The van der Waals surface area contributed by atoms with Gasteiger partial charge in [-0.15, -0.1) is 0 Å². The van der Waals surface area contributed by atoms with E-state index in [1.54, 1.807) is 0 Å². The zero-order valence-corrected chi connectivity index (χ0v) is 3.69. The fourth-order valence-corrected chi connectivity index (χ4v) is 0. The molecule has 0 rings (SSSR count). The highest BCUT2D eigenvalue weighted by molar-refractivity contribution is 5.75. The van der Waals surface area contributed by atoms with Crippen molar-refractivity contribution in [3.63, 3.8) is 0 Å². The van der Waals surface area contributed by atoms with Crippen LogP contribution >= 0.6 is 0 Å². The summed E-state index contributed by atoms with van der Waals surface area (Å²) in [6, 6.07) is 0. The lowest BCUT2D eigenvalue weighted by molar-refractivity contribution is 0.158. The van der Waals surface area contributed by atoms with E-state index in [0.717, 1.165) is 0 Å². The molecule has 2 heteroatoms. The predicted molar refractivity (Wildman–Crippen MR) is 28.9 cm³/mol. The van der Waals surface area contributed by atoms with Crippen LogP contribution in [0.25, 0.3) is 0 Å². The summed E-state index contributed by atoms with van der Waals surface area (Å²) in [7, 11) is 0. The Bertz CT molecular complexity index is 21.5. The first-order valence-electron chi connectivity index (χ1n) is 1.85. The van der Waals surface area contributed by atoms with Crippen LogP contribution in [-0.4, -0.2) is 29.7 Å². The van der Waals surface area contributed by atoms with E-state index >= 15 is 0 Å². The predicted octanol–water partition coefficient (Wildman–Crippen LogP) is 0.157. The van der Waals surface area contributed by atoms with E-state index in [4.69, 9.17) is 0 Å². The van der Waals surface area contributed by atoms with E-state index in [1.165, 1.54) is 0 Å². The maximum Gasteiger partial charge on any atom is 0.316 e. The number of rotatable bonds is 1. The van der Waals surface area contributed by atoms with Gasteiger partial charge in [-0.2, -0.15) is 0 Å². The molecule has 6 heavy (non-hydrogen) atoms. The van der Waals surface area contributed by atoms with Crippen LogP contribution < -0.4 is 0 Å². The van der Waals surface area contributed by atoms with Gasteiger partial charge in [0.25, 0.3) is 0 Å². The lowest BCUT2D eigenvalue weighted by atomic mass is 10.2. The Labute approximate surface area is 54.9 Å². The van der Waals surface area contributed by atoms with Gasteiger partial charge in [0.1, 0.15) is 0 Å². The zero-order chi connectivity index (χ0) is 4.28. The minimum absolute atomic E-state index is 0. The molecule has 0 aliphatic rings. The molecule has 0 saturated heterocycles. The molecule has 0 amide bonds. The molecule has 0 aromatic heterocycles. The molecule has 0 atom stereocenters. The van der Waals surface area contributed by atoms with Crippen LogP contribution in [0.4, 0.5) is 0 Å². The summed E-state index contributed by atoms with van der Waals surface area (Å²) in [4.78, 5) is 0. The Morgan fingerprint density at radius 3 is 1.67 bits per heavy atom. The molecule has 1 nitrogen and oxygen atoms in total. The lowest BCUT2D eigenvalue weighted by Gasteiger charge is -1.87. The normalized spacial score (nSPS) is 8.00. The summed E-state index contributed by atoms with van der Waals surface area (Å²) in [5.74, 6) is 0.329. The van der Waals surface area contributed by atoms with Gasteiger partial charge in [-0.1, -0.05) is 13.8 Å². The maximum absolute atomic E-state index is 9.63. The highest BCUT2D eigenvalue weighted by atomic mass is 24.3. The highest BCUT2D eigenvalue weighted by Gasteiger charge is 1.83. The lowest BCUT2D eigenvalue weighted by Crippen LogP contribution is -1.88. The monoisotopic (exact) mass is 99.1 g/mol. The van der Waals surface area contributed by atoms with E-state index in [2.05, 4.69) is 0 Å².